The highest BCUT2D eigenvalue weighted by Crippen LogP contribution is 2.26. The number of hydrazone groups is 1. The lowest BCUT2D eigenvalue weighted by molar-refractivity contribution is -0.119. The van der Waals surface area contributed by atoms with E-state index in [0.29, 0.717) is 22.3 Å². The molecule has 1 atom stereocenters. The lowest BCUT2D eigenvalue weighted by atomic mass is 10.1. The van der Waals surface area contributed by atoms with Gasteiger partial charge in [0.05, 0.1) is 23.5 Å². The molecule has 0 saturated heterocycles. The second kappa shape index (κ2) is 9.53. The van der Waals surface area contributed by atoms with Crippen LogP contribution in [0.1, 0.15) is 30.1 Å². The van der Waals surface area contributed by atoms with Crippen LogP contribution in [0.4, 0.5) is 11.4 Å². The van der Waals surface area contributed by atoms with Crippen molar-refractivity contribution in [3.8, 4) is 0 Å². The predicted molar refractivity (Wildman–Crippen MR) is 117 cm³/mol. The molecule has 0 radical (unpaired) electrons. The molecule has 0 fully saturated rings. The molecule has 0 saturated carbocycles. The van der Waals surface area contributed by atoms with Crippen LogP contribution in [0.5, 0.6) is 0 Å². The van der Waals surface area contributed by atoms with Crippen LogP contribution in [0.2, 0.25) is 0 Å². The Kier molecular flexibility index (Phi) is 6.83. The van der Waals surface area contributed by atoms with Gasteiger partial charge in [0.2, 0.25) is 5.91 Å². The third-order valence-electron chi connectivity index (χ3n) is 4.41. The molecule has 2 aromatic rings. The summed E-state index contributed by atoms with van der Waals surface area (Å²) in [5.41, 5.74) is 6.81. The fourth-order valence-electron chi connectivity index (χ4n) is 2.95. The van der Waals surface area contributed by atoms with E-state index in [4.69, 9.17) is 10.5 Å². The number of ether oxygens (including phenoxy) is 1. The van der Waals surface area contributed by atoms with Crippen molar-refractivity contribution in [2.24, 2.45) is 10.8 Å². The van der Waals surface area contributed by atoms with Crippen LogP contribution in [0.3, 0.4) is 0 Å². The van der Waals surface area contributed by atoms with Crippen molar-refractivity contribution in [3.63, 3.8) is 0 Å². The van der Waals surface area contributed by atoms with Crippen LogP contribution >= 0.6 is 15.9 Å². The molecule has 156 valence electrons. The van der Waals surface area contributed by atoms with E-state index in [2.05, 4.69) is 26.3 Å². The van der Waals surface area contributed by atoms with Gasteiger partial charge in [-0.05, 0) is 36.8 Å². The summed E-state index contributed by atoms with van der Waals surface area (Å²) in [4.78, 5) is 37.1. The largest absolute Gasteiger partial charge is 0.462 e. The normalized spacial score (nSPS) is 15.5. The summed E-state index contributed by atoms with van der Waals surface area (Å²) in [5.74, 6) is -1.65. The van der Waals surface area contributed by atoms with E-state index in [-0.39, 0.29) is 24.3 Å². The second-order valence-corrected chi connectivity index (χ2v) is 7.54. The average Bonchev–Trinajstić information content (AvgIpc) is 3.20. The van der Waals surface area contributed by atoms with Gasteiger partial charge in [0, 0.05) is 10.9 Å². The average molecular weight is 473 g/mol. The summed E-state index contributed by atoms with van der Waals surface area (Å²) in [5, 5.41) is 8.45. The summed E-state index contributed by atoms with van der Waals surface area (Å²) in [6.45, 7) is 2.17. The van der Waals surface area contributed by atoms with Gasteiger partial charge in [-0.25, -0.2) is 4.79 Å². The Morgan fingerprint density at radius 2 is 1.97 bits per heavy atom. The molecule has 8 nitrogen and oxygen atoms in total. The molecule has 3 rings (SSSR count). The summed E-state index contributed by atoms with van der Waals surface area (Å²) in [7, 11) is 0. The zero-order valence-electron chi connectivity index (χ0n) is 16.3. The summed E-state index contributed by atoms with van der Waals surface area (Å²) in [6, 6.07) is 13.1. The van der Waals surface area contributed by atoms with Crippen LogP contribution in [0.15, 0.2) is 58.1 Å². The number of halogens is 1. The molecule has 30 heavy (non-hydrogen) atoms. The third kappa shape index (κ3) is 4.85. The molecule has 3 N–H and O–H groups in total. The minimum absolute atomic E-state index is 0.0577. The van der Waals surface area contributed by atoms with Gasteiger partial charge >= 0.3 is 5.97 Å². The Labute approximate surface area is 182 Å². The Morgan fingerprint density at radius 1 is 1.23 bits per heavy atom. The topological polar surface area (TPSA) is 114 Å². The summed E-state index contributed by atoms with van der Waals surface area (Å²) < 4.78 is 5.87. The van der Waals surface area contributed by atoms with Crippen LogP contribution in [-0.4, -0.2) is 36.1 Å². The number of rotatable bonds is 7. The number of hydrogen-bond acceptors (Lipinski definition) is 6. The highest BCUT2D eigenvalue weighted by atomic mass is 79.9. The van der Waals surface area contributed by atoms with Crippen molar-refractivity contribution in [2.45, 2.75) is 25.8 Å². The zero-order valence-corrected chi connectivity index (χ0v) is 17.9. The van der Waals surface area contributed by atoms with Gasteiger partial charge in [-0.1, -0.05) is 41.1 Å². The molecule has 1 heterocycles. The van der Waals surface area contributed by atoms with E-state index in [1.165, 1.54) is 5.01 Å². The van der Waals surface area contributed by atoms with Crippen molar-refractivity contribution in [3.05, 3.63) is 58.6 Å². The fraction of sp³-hybridized carbons (Fsp3) is 0.238. The summed E-state index contributed by atoms with van der Waals surface area (Å²) in [6.07, 6.45) is 0.740. The molecule has 2 amide bonds. The first-order valence-corrected chi connectivity index (χ1v) is 10.2. The van der Waals surface area contributed by atoms with E-state index < -0.39 is 23.8 Å². The maximum atomic E-state index is 12.8. The zero-order chi connectivity index (χ0) is 21.7. The Bertz CT molecular complexity index is 994. The van der Waals surface area contributed by atoms with E-state index >= 15 is 0 Å². The maximum absolute atomic E-state index is 12.8. The molecule has 0 aromatic heterocycles. The molecule has 1 aliphatic rings. The van der Waals surface area contributed by atoms with Crippen molar-refractivity contribution >= 4 is 50.8 Å². The minimum Gasteiger partial charge on any atom is -0.462 e. The molecule has 0 spiro atoms. The Morgan fingerprint density at radius 3 is 2.63 bits per heavy atom. The fourth-order valence-corrected chi connectivity index (χ4v) is 3.31. The number of nitrogens with one attached hydrogen (secondary N) is 1. The number of esters is 1. The monoisotopic (exact) mass is 472 g/mol. The molecular weight excluding hydrogens is 452 g/mol. The number of amides is 2. The number of benzene rings is 2. The number of hydrogen-bond donors (Lipinski definition) is 2. The number of nitrogens with two attached hydrogens (primary N) is 1. The molecular formula is C21H21BrN4O4. The number of primary amides is 1. The van der Waals surface area contributed by atoms with Gasteiger partial charge in [0.15, 0.2) is 0 Å². The maximum Gasteiger partial charge on any atom is 0.340 e. The van der Waals surface area contributed by atoms with Gasteiger partial charge in [0.1, 0.15) is 11.8 Å². The first kappa shape index (κ1) is 21.5. The van der Waals surface area contributed by atoms with Crippen LogP contribution in [-0.2, 0) is 14.3 Å². The predicted octanol–water partition coefficient (Wildman–Crippen LogP) is 3.07. The Balaban J connectivity index is 1.84. The van der Waals surface area contributed by atoms with Gasteiger partial charge in [0.25, 0.3) is 5.91 Å². The SMILES string of the molecule is CCCOC(=O)c1cc(Br)ccc1NC(=O)C1=NN(c2ccccc2)C(C(N)=O)C1. The van der Waals surface area contributed by atoms with Gasteiger partial charge < -0.3 is 15.8 Å². The van der Waals surface area contributed by atoms with E-state index in [0.717, 1.165) is 0 Å². The first-order valence-electron chi connectivity index (χ1n) is 9.39. The second-order valence-electron chi connectivity index (χ2n) is 6.63. The molecule has 0 aliphatic carbocycles. The van der Waals surface area contributed by atoms with Crippen molar-refractivity contribution in [2.75, 3.05) is 16.9 Å². The van der Waals surface area contributed by atoms with Crippen molar-refractivity contribution in [1.82, 2.24) is 0 Å². The number of para-hydroxylation sites is 1. The lowest BCUT2D eigenvalue weighted by Crippen LogP contribution is -2.39. The standard InChI is InChI=1S/C21H21BrN4O4/c1-2-10-30-21(29)15-11-13(22)8-9-16(15)24-20(28)17-12-18(19(23)27)26(25-17)14-6-4-3-5-7-14/h3-9,11,18H,2,10,12H2,1H3,(H2,23,27)(H,24,28). The number of carbonyl (C=O) groups excluding carboxylic acids is 3. The highest BCUT2D eigenvalue weighted by molar-refractivity contribution is 9.10. The van der Waals surface area contributed by atoms with Gasteiger partial charge in [-0.15, -0.1) is 0 Å². The molecule has 0 bridgehead atoms. The molecule has 2 aromatic carbocycles. The molecule has 9 heteroatoms. The van der Waals surface area contributed by atoms with E-state index in [9.17, 15) is 14.4 Å². The number of nitrogens with zero attached hydrogens (tertiary/aromatic N) is 2. The molecule has 1 aliphatic heterocycles. The highest BCUT2D eigenvalue weighted by Gasteiger charge is 2.35. The minimum atomic E-state index is -0.771. The number of anilines is 2. The van der Waals surface area contributed by atoms with E-state index in [1.807, 2.05) is 13.0 Å². The van der Waals surface area contributed by atoms with Gasteiger partial charge in [-0.3, -0.25) is 14.6 Å². The van der Waals surface area contributed by atoms with Gasteiger partial charge in [-0.2, -0.15) is 5.10 Å². The van der Waals surface area contributed by atoms with Crippen molar-refractivity contribution in [1.29, 1.82) is 0 Å². The first-order chi connectivity index (χ1) is 14.4. The van der Waals surface area contributed by atoms with Crippen molar-refractivity contribution < 1.29 is 19.1 Å². The molecule has 1 unspecified atom stereocenters. The number of carbonyl (C=O) groups is 3. The van der Waals surface area contributed by atoms with Crippen LogP contribution in [0, 0.1) is 0 Å². The summed E-state index contributed by atoms with van der Waals surface area (Å²) >= 11 is 3.32. The smallest absolute Gasteiger partial charge is 0.340 e. The third-order valence-corrected chi connectivity index (χ3v) is 4.90. The van der Waals surface area contributed by atoms with E-state index in [1.54, 1.807) is 42.5 Å². The van der Waals surface area contributed by atoms with Crippen LogP contribution < -0.4 is 16.1 Å². The lowest BCUT2D eigenvalue weighted by Gasteiger charge is -2.20. The quantitative estimate of drug-likeness (QED) is 0.600. The Hall–Kier alpha value is -3.20. The van der Waals surface area contributed by atoms with Crippen LogP contribution in [0.25, 0.3) is 0 Å².